The predicted octanol–water partition coefficient (Wildman–Crippen LogP) is 0.993. The number of guanidine groups is 1. The van der Waals surface area contributed by atoms with E-state index in [0.717, 1.165) is 39.0 Å². The number of carbonyl (C=O) groups is 1. The Bertz CT molecular complexity index is 613. The number of ether oxygens (including phenoxy) is 2. The zero-order valence-electron chi connectivity index (χ0n) is 15.3. The van der Waals surface area contributed by atoms with E-state index in [1.54, 1.807) is 18.4 Å². The Kier molecular flexibility index (Phi) is 7.28. The zero-order valence-corrected chi connectivity index (χ0v) is 16.1. The van der Waals surface area contributed by atoms with Gasteiger partial charge in [-0.2, -0.15) is 0 Å². The molecule has 2 aliphatic heterocycles. The van der Waals surface area contributed by atoms with Crippen molar-refractivity contribution in [2.75, 3.05) is 46.5 Å². The van der Waals surface area contributed by atoms with Crippen LogP contribution >= 0.6 is 11.3 Å². The summed E-state index contributed by atoms with van der Waals surface area (Å²) in [7, 11) is 1.71. The van der Waals surface area contributed by atoms with Crippen LogP contribution in [-0.2, 0) is 27.2 Å². The van der Waals surface area contributed by atoms with Crippen molar-refractivity contribution in [2.45, 2.75) is 31.9 Å². The number of thiophene rings is 1. The fourth-order valence-corrected chi connectivity index (χ4v) is 4.02. The number of nitrogens with zero attached hydrogens (tertiary/aromatic N) is 2. The standard InChI is InChI=1S/C18H28N4O3S/c1-19-18(20-6-2-8-25-15-4-9-24-13-15)21-11-17(23)22-7-3-16-14(12-22)5-10-26-16/h5,10,15H,2-4,6-9,11-13H2,1H3,(H2,19,20,21). The molecule has 26 heavy (non-hydrogen) atoms. The fourth-order valence-electron chi connectivity index (χ4n) is 3.13. The van der Waals surface area contributed by atoms with Gasteiger partial charge in [0, 0.05) is 44.8 Å². The molecule has 2 N–H and O–H groups in total. The number of rotatable bonds is 7. The van der Waals surface area contributed by atoms with Crippen molar-refractivity contribution in [1.82, 2.24) is 15.5 Å². The van der Waals surface area contributed by atoms with Gasteiger partial charge in [-0.25, -0.2) is 0 Å². The van der Waals surface area contributed by atoms with E-state index in [9.17, 15) is 4.79 Å². The molecule has 0 aromatic carbocycles. The van der Waals surface area contributed by atoms with Crippen LogP contribution in [0.15, 0.2) is 16.4 Å². The number of aliphatic imine (C=N–C) groups is 1. The van der Waals surface area contributed by atoms with Gasteiger partial charge in [0.05, 0.1) is 19.3 Å². The van der Waals surface area contributed by atoms with Crippen molar-refractivity contribution < 1.29 is 14.3 Å². The van der Waals surface area contributed by atoms with Gasteiger partial charge in [-0.1, -0.05) is 0 Å². The van der Waals surface area contributed by atoms with Gasteiger partial charge in [0.15, 0.2) is 5.96 Å². The second kappa shape index (κ2) is 9.89. The van der Waals surface area contributed by atoms with Crippen molar-refractivity contribution in [3.63, 3.8) is 0 Å². The van der Waals surface area contributed by atoms with Crippen LogP contribution in [0.3, 0.4) is 0 Å². The number of nitrogens with one attached hydrogen (secondary N) is 2. The molecule has 0 aliphatic carbocycles. The molecule has 1 atom stereocenters. The van der Waals surface area contributed by atoms with Crippen molar-refractivity contribution >= 4 is 23.2 Å². The highest BCUT2D eigenvalue weighted by molar-refractivity contribution is 7.10. The molecule has 0 radical (unpaired) electrons. The van der Waals surface area contributed by atoms with E-state index >= 15 is 0 Å². The third kappa shape index (κ3) is 5.43. The number of amides is 1. The Balaban J connectivity index is 1.30. The summed E-state index contributed by atoms with van der Waals surface area (Å²) in [4.78, 5) is 19.9. The highest BCUT2D eigenvalue weighted by atomic mass is 32.1. The molecule has 0 spiro atoms. The third-order valence-corrected chi connectivity index (χ3v) is 5.67. The number of hydrogen-bond acceptors (Lipinski definition) is 5. The van der Waals surface area contributed by atoms with Gasteiger partial charge >= 0.3 is 0 Å². The lowest BCUT2D eigenvalue weighted by molar-refractivity contribution is -0.130. The summed E-state index contributed by atoms with van der Waals surface area (Å²) in [5.74, 6) is 0.755. The third-order valence-electron chi connectivity index (χ3n) is 4.65. The molecule has 144 valence electrons. The Morgan fingerprint density at radius 3 is 3.23 bits per heavy atom. The average Bonchev–Trinajstić information content (AvgIpc) is 3.34. The lowest BCUT2D eigenvalue weighted by atomic mass is 10.1. The van der Waals surface area contributed by atoms with E-state index in [0.29, 0.717) is 25.7 Å². The fraction of sp³-hybridized carbons (Fsp3) is 0.667. The van der Waals surface area contributed by atoms with E-state index < -0.39 is 0 Å². The van der Waals surface area contributed by atoms with Gasteiger partial charge in [-0.15, -0.1) is 11.3 Å². The first-order valence-corrected chi connectivity index (χ1v) is 10.1. The Morgan fingerprint density at radius 1 is 1.50 bits per heavy atom. The van der Waals surface area contributed by atoms with Crippen LogP contribution in [0, 0.1) is 0 Å². The maximum absolute atomic E-state index is 12.4. The summed E-state index contributed by atoms with van der Waals surface area (Å²) in [5.41, 5.74) is 1.28. The van der Waals surface area contributed by atoms with Crippen LogP contribution in [0.4, 0.5) is 0 Å². The molecule has 1 aromatic rings. The van der Waals surface area contributed by atoms with E-state index in [-0.39, 0.29) is 18.6 Å². The first-order valence-electron chi connectivity index (χ1n) is 9.23. The van der Waals surface area contributed by atoms with Gasteiger partial charge in [0.1, 0.15) is 0 Å². The van der Waals surface area contributed by atoms with Crippen molar-refractivity contribution in [2.24, 2.45) is 4.99 Å². The maximum atomic E-state index is 12.4. The van der Waals surface area contributed by atoms with Crippen LogP contribution < -0.4 is 10.6 Å². The van der Waals surface area contributed by atoms with Crippen LogP contribution in [0.25, 0.3) is 0 Å². The Labute approximate surface area is 158 Å². The first kappa shape index (κ1) is 19.1. The van der Waals surface area contributed by atoms with Crippen LogP contribution in [0.1, 0.15) is 23.3 Å². The first-order chi connectivity index (χ1) is 12.8. The van der Waals surface area contributed by atoms with Gasteiger partial charge < -0.3 is 25.0 Å². The van der Waals surface area contributed by atoms with E-state index in [4.69, 9.17) is 9.47 Å². The smallest absolute Gasteiger partial charge is 0.242 e. The van der Waals surface area contributed by atoms with Gasteiger partial charge in [-0.3, -0.25) is 9.79 Å². The normalized spacial score (nSPS) is 20.1. The van der Waals surface area contributed by atoms with Crippen LogP contribution in [0.5, 0.6) is 0 Å². The molecule has 0 saturated carbocycles. The second-order valence-corrected chi connectivity index (χ2v) is 7.50. The lowest BCUT2D eigenvalue weighted by Crippen LogP contribution is -2.46. The van der Waals surface area contributed by atoms with Crippen molar-refractivity contribution in [1.29, 1.82) is 0 Å². The molecular formula is C18H28N4O3S. The minimum atomic E-state index is 0.106. The molecule has 0 bridgehead atoms. The lowest BCUT2D eigenvalue weighted by Gasteiger charge is -2.27. The van der Waals surface area contributed by atoms with E-state index in [1.807, 2.05) is 4.90 Å². The molecule has 3 rings (SSSR count). The summed E-state index contributed by atoms with van der Waals surface area (Å²) < 4.78 is 11.0. The minimum absolute atomic E-state index is 0.106. The van der Waals surface area contributed by atoms with Crippen molar-refractivity contribution in [3.05, 3.63) is 21.9 Å². The summed E-state index contributed by atoms with van der Waals surface area (Å²) >= 11 is 1.78. The van der Waals surface area contributed by atoms with E-state index in [1.165, 1.54) is 10.4 Å². The Morgan fingerprint density at radius 2 is 2.42 bits per heavy atom. The molecule has 2 aliphatic rings. The molecule has 1 aromatic heterocycles. The molecule has 7 nitrogen and oxygen atoms in total. The number of carbonyl (C=O) groups excluding carboxylic acids is 1. The average molecular weight is 381 g/mol. The molecule has 1 unspecified atom stereocenters. The quantitative estimate of drug-likeness (QED) is 0.419. The topological polar surface area (TPSA) is 75.2 Å². The van der Waals surface area contributed by atoms with Crippen LogP contribution in [0.2, 0.25) is 0 Å². The zero-order chi connectivity index (χ0) is 18.2. The van der Waals surface area contributed by atoms with Gasteiger partial charge in [0.2, 0.25) is 5.91 Å². The summed E-state index contributed by atoms with van der Waals surface area (Å²) in [5, 5.41) is 8.43. The monoisotopic (exact) mass is 380 g/mol. The molecule has 1 fully saturated rings. The molecular weight excluding hydrogens is 352 g/mol. The molecule has 1 amide bonds. The highest BCUT2D eigenvalue weighted by Gasteiger charge is 2.21. The largest absolute Gasteiger partial charge is 0.379 e. The van der Waals surface area contributed by atoms with E-state index in [2.05, 4.69) is 27.1 Å². The van der Waals surface area contributed by atoms with Gasteiger partial charge in [-0.05, 0) is 36.3 Å². The molecule has 8 heteroatoms. The number of fused-ring (bicyclic) bond motifs is 1. The SMILES string of the molecule is CN=C(NCCCOC1CCOC1)NCC(=O)N1CCc2sccc2C1. The summed E-state index contributed by atoms with van der Waals surface area (Å²) in [6.07, 6.45) is 3.08. The molecule has 3 heterocycles. The second-order valence-electron chi connectivity index (χ2n) is 6.50. The summed E-state index contributed by atoms with van der Waals surface area (Å²) in [6, 6.07) is 2.12. The van der Waals surface area contributed by atoms with Crippen LogP contribution in [-0.4, -0.2) is 69.4 Å². The highest BCUT2D eigenvalue weighted by Crippen LogP contribution is 2.23. The maximum Gasteiger partial charge on any atom is 0.242 e. The predicted molar refractivity (Wildman–Crippen MR) is 103 cm³/mol. The Hall–Kier alpha value is -1.64. The van der Waals surface area contributed by atoms with Crippen molar-refractivity contribution in [3.8, 4) is 0 Å². The molecule has 1 saturated heterocycles. The number of hydrogen-bond donors (Lipinski definition) is 2. The summed E-state index contributed by atoms with van der Waals surface area (Å²) in [6.45, 7) is 4.74. The van der Waals surface area contributed by atoms with Gasteiger partial charge in [0.25, 0.3) is 0 Å². The minimum Gasteiger partial charge on any atom is -0.379 e.